The molecular formula is C15H22Cl2N2O. The highest BCUT2D eigenvalue weighted by Gasteiger charge is 2.26. The highest BCUT2D eigenvalue weighted by atomic mass is 35.5. The molecule has 1 aromatic rings. The normalized spacial score (nSPS) is 22.6. The molecule has 0 spiro atoms. The minimum Gasteiger partial charge on any atom is -0.473 e. The van der Waals surface area contributed by atoms with Crippen LogP contribution in [-0.4, -0.2) is 17.6 Å². The van der Waals surface area contributed by atoms with E-state index in [1.807, 2.05) is 6.92 Å². The third kappa shape index (κ3) is 3.70. The van der Waals surface area contributed by atoms with E-state index in [0.29, 0.717) is 27.7 Å². The summed E-state index contributed by atoms with van der Waals surface area (Å²) in [5.41, 5.74) is 0. The highest BCUT2D eigenvalue weighted by molar-refractivity contribution is 6.36. The first-order valence-corrected chi connectivity index (χ1v) is 8.17. The third-order valence-corrected chi connectivity index (χ3v) is 4.43. The molecule has 1 saturated carbocycles. The number of anilines is 1. The second kappa shape index (κ2) is 7.37. The van der Waals surface area contributed by atoms with Gasteiger partial charge in [0.1, 0.15) is 16.9 Å². The molecule has 1 aromatic heterocycles. The summed E-state index contributed by atoms with van der Waals surface area (Å²) in [4.78, 5) is 4.43. The average molecular weight is 317 g/mol. The van der Waals surface area contributed by atoms with Crippen molar-refractivity contribution < 1.29 is 4.74 Å². The molecule has 112 valence electrons. The van der Waals surface area contributed by atoms with Crippen molar-refractivity contribution >= 4 is 29.0 Å². The van der Waals surface area contributed by atoms with Crippen LogP contribution in [-0.2, 0) is 0 Å². The molecule has 0 radical (unpaired) electrons. The molecule has 1 aliphatic carbocycles. The third-order valence-electron chi connectivity index (χ3n) is 3.87. The van der Waals surface area contributed by atoms with E-state index in [-0.39, 0.29) is 6.10 Å². The van der Waals surface area contributed by atoms with Gasteiger partial charge >= 0.3 is 0 Å². The molecule has 0 amide bonds. The predicted octanol–water partition coefficient (Wildman–Crippen LogP) is 5.17. The summed E-state index contributed by atoms with van der Waals surface area (Å²) in [7, 11) is 0. The lowest BCUT2D eigenvalue weighted by molar-refractivity contribution is 0.0861. The van der Waals surface area contributed by atoms with Crippen LogP contribution in [0.5, 0.6) is 5.88 Å². The maximum absolute atomic E-state index is 6.21. The van der Waals surface area contributed by atoms with Crippen molar-refractivity contribution in [1.29, 1.82) is 0 Å². The molecule has 2 atom stereocenters. The van der Waals surface area contributed by atoms with Gasteiger partial charge in [0.05, 0.1) is 5.02 Å². The molecular weight excluding hydrogens is 295 g/mol. The topological polar surface area (TPSA) is 34.2 Å². The van der Waals surface area contributed by atoms with Crippen LogP contribution in [0.25, 0.3) is 0 Å². The van der Waals surface area contributed by atoms with E-state index in [0.717, 1.165) is 19.4 Å². The number of aromatic nitrogens is 1. The van der Waals surface area contributed by atoms with E-state index >= 15 is 0 Å². The summed E-state index contributed by atoms with van der Waals surface area (Å²) < 4.78 is 6.09. The van der Waals surface area contributed by atoms with Crippen LogP contribution in [0.4, 0.5) is 5.82 Å². The Hall–Kier alpha value is -0.670. The van der Waals surface area contributed by atoms with E-state index in [1.54, 1.807) is 6.07 Å². The molecule has 1 N–H and O–H groups in total. The Morgan fingerprint density at radius 3 is 2.70 bits per heavy atom. The zero-order chi connectivity index (χ0) is 14.5. The van der Waals surface area contributed by atoms with E-state index in [4.69, 9.17) is 27.9 Å². The van der Waals surface area contributed by atoms with Crippen LogP contribution in [0.2, 0.25) is 10.0 Å². The Bertz CT molecular complexity index is 454. The van der Waals surface area contributed by atoms with Crippen molar-refractivity contribution in [2.75, 3.05) is 11.9 Å². The second-order valence-corrected chi connectivity index (χ2v) is 6.06. The fourth-order valence-corrected chi connectivity index (χ4v) is 3.23. The minimum absolute atomic E-state index is 0.217. The molecule has 0 aromatic carbocycles. The van der Waals surface area contributed by atoms with E-state index < -0.39 is 0 Å². The molecule has 1 heterocycles. The standard InChI is InChI=1S/C15H22Cl2N2O/c1-3-10-7-5-6-8-13(10)20-15-12(17)9-11(16)14(19-15)18-4-2/h9-10,13H,3-8H2,1-2H3,(H,18,19). The molecule has 1 aliphatic rings. The molecule has 2 rings (SSSR count). The number of hydrogen-bond donors (Lipinski definition) is 1. The molecule has 0 aliphatic heterocycles. The lowest BCUT2D eigenvalue weighted by atomic mass is 9.85. The van der Waals surface area contributed by atoms with E-state index in [9.17, 15) is 0 Å². The highest BCUT2D eigenvalue weighted by Crippen LogP contribution is 2.35. The molecule has 20 heavy (non-hydrogen) atoms. The predicted molar refractivity (Wildman–Crippen MR) is 85.1 cm³/mol. The van der Waals surface area contributed by atoms with Crippen molar-refractivity contribution in [3.8, 4) is 5.88 Å². The molecule has 3 nitrogen and oxygen atoms in total. The van der Waals surface area contributed by atoms with Gasteiger partial charge in [0, 0.05) is 6.54 Å². The summed E-state index contributed by atoms with van der Waals surface area (Å²) in [6.07, 6.45) is 6.17. The molecule has 2 unspecified atom stereocenters. The number of rotatable bonds is 5. The van der Waals surface area contributed by atoms with Gasteiger partial charge in [-0.3, -0.25) is 0 Å². The fourth-order valence-electron chi connectivity index (χ4n) is 2.76. The first-order chi connectivity index (χ1) is 9.65. The monoisotopic (exact) mass is 316 g/mol. The summed E-state index contributed by atoms with van der Waals surface area (Å²) in [5, 5.41) is 4.14. The lowest BCUT2D eigenvalue weighted by Gasteiger charge is -2.31. The molecule has 5 heteroatoms. The van der Waals surface area contributed by atoms with Crippen LogP contribution in [0, 0.1) is 5.92 Å². The van der Waals surface area contributed by atoms with Gasteiger partial charge in [-0.15, -0.1) is 0 Å². The minimum atomic E-state index is 0.217. The van der Waals surface area contributed by atoms with Crippen molar-refractivity contribution in [2.24, 2.45) is 5.92 Å². The molecule has 0 bridgehead atoms. The zero-order valence-electron chi connectivity index (χ0n) is 12.1. The van der Waals surface area contributed by atoms with Gasteiger partial charge in [0.2, 0.25) is 5.88 Å². The van der Waals surface area contributed by atoms with Crippen LogP contribution in [0.15, 0.2) is 6.07 Å². The van der Waals surface area contributed by atoms with Gasteiger partial charge in [-0.2, -0.15) is 4.98 Å². The number of pyridine rings is 1. The Balaban J connectivity index is 2.17. The maximum atomic E-state index is 6.21. The van der Waals surface area contributed by atoms with Gasteiger partial charge in [0.15, 0.2) is 0 Å². The van der Waals surface area contributed by atoms with Gasteiger partial charge in [-0.05, 0) is 44.6 Å². The van der Waals surface area contributed by atoms with Crippen molar-refractivity contribution in [3.05, 3.63) is 16.1 Å². The van der Waals surface area contributed by atoms with E-state index in [2.05, 4.69) is 17.2 Å². The largest absolute Gasteiger partial charge is 0.473 e. The summed E-state index contributed by atoms with van der Waals surface area (Å²) in [5.74, 6) is 1.73. The van der Waals surface area contributed by atoms with Gasteiger partial charge < -0.3 is 10.1 Å². The number of nitrogens with zero attached hydrogens (tertiary/aromatic N) is 1. The van der Waals surface area contributed by atoms with Crippen molar-refractivity contribution in [2.45, 2.75) is 52.1 Å². The smallest absolute Gasteiger partial charge is 0.234 e. The van der Waals surface area contributed by atoms with Crippen LogP contribution in [0.3, 0.4) is 0 Å². The second-order valence-electron chi connectivity index (χ2n) is 5.25. The Kier molecular flexibility index (Phi) is 5.79. The Morgan fingerprint density at radius 2 is 2.00 bits per heavy atom. The number of halogens is 2. The SMILES string of the molecule is CCNc1nc(OC2CCCCC2CC)c(Cl)cc1Cl. The Morgan fingerprint density at radius 1 is 1.25 bits per heavy atom. The number of hydrogen-bond acceptors (Lipinski definition) is 3. The molecule has 1 fully saturated rings. The summed E-state index contributed by atoms with van der Waals surface area (Å²) in [6.45, 7) is 4.98. The van der Waals surface area contributed by atoms with Gasteiger partial charge in [-0.1, -0.05) is 36.5 Å². The lowest BCUT2D eigenvalue weighted by Crippen LogP contribution is -2.30. The van der Waals surface area contributed by atoms with Gasteiger partial charge in [0.25, 0.3) is 0 Å². The van der Waals surface area contributed by atoms with Crippen molar-refractivity contribution in [1.82, 2.24) is 4.98 Å². The Labute approximate surface area is 131 Å². The average Bonchev–Trinajstić information content (AvgIpc) is 2.45. The van der Waals surface area contributed by atoms with Crippen LogP contribution in [0.1, 0.15) is 46.0 Å². The van der Waals surface area contributed by atoms with Crippen LogP contribution < -0.4 is 10.1 Å². The zero-order valence-corrected chi connectivity index (χ0v) is 13.6. The number of ether oxygens (including phenoxy) is 1. The quantitative estimate of drug-likeness (QED) is 0.813. The summed E-state index contributed by atoms with van der Waals surface area (Å²) in [6, 6.07) is 1.70. The van der Waals surface area contributed by atoms with Crippen LogP contribution >= 0.6 is 23.2 Å². The molecule has 0 saturated heterocycles. The first-order valence-electron chi connectivity index (χ1n) is 7.42. The first kappa shape index (κ1) is 15.7. The number of nitrogens with one attached hydrogen (secondary N) is 1. The maximum Gasteiger partial charge on any atom is 0.234 e. The van der Waals surface area contributed by atoms with E-state index in [1.165, 1.54) is 19.3 Å². The summed E-state index contributed by atoms with van der Waals surface area (Å²) >= 11 is 12.3. The van der Waals surface area contributed by atoms with Crippen molar-refractivity contribution in [3.63, 3.8) is 0 Å². The fraction of sp³-hybridized carbons (Fsp3) is 0.667. The van der Waals surface area contributed by atoms with Gasteiger partial charge in [-0.25, -0.2) is 0 Å².